The quantitative estimate of drug-likeness (QED) is 0.748. The molecule has 2 aromatic rings. The van der Waals surface area contributed by atoms with Crippen LogP contribution in [0.5, 0.6) is 0 Å². The predicted octanol–water partition coefficient (Wildman–Crippen LogP) is 3.01. The van der Waals surface area contributed by atoms with Crippen LogP contribution in [0.4, 0.5) is 0 Å². The summed E-state index contributed by atoms with van der Waals surface area (Å²) in [5, 5.41) is 3.35. The molecule has 0 aromatic carbocycles. The highest BCUT2D eigenvalue weighted by molar-refractivity contribution is 6.02. The molecule has 2 amide bonds. The Bertz CT molecular complexity index is 984. The molecular weight excluding hydrogens is 420 g/mol. The van der Waals surface area contributed by atoms with Gasteiger partial charge in [0.25, 0.3) is 5.91 Å². The van der Waals surface area contributed by atoms with Crippen LogP contribution in [0.3, 0.4) is 0 Å². The maximum Gasteiger partial charge on any atom is 0.271 e. The standard InChI is InChI=1S/C25H36N4O4/c1-25(24(31)26-19-7-5-3-2-4-6-8-19)18-28-20-9-14-33-22(20)17-21(28)23(30)29(25)11-10-27-12-15-32-16-13-27/h9,14,17,19H,2-8,10-13,15-16,18H2,1H3,(H,26,31)/t25-/m0/s1. The van der Waals surface area contributed by atoms with Crippen molar-refractivity contribution in [1.29, 1.82) is 0 Å². The van der Waals surface area contributed by atoms with Crippen molar-refractivity contribution in [1.82, 2.24) is 19.7 Å². The first-order chi connectivity index (χ1) is 16.1. The van der Waals surface area contributed by atoms with E-state index in [0.29, 0.717) is 37.6 Å². The number of ether oxygens (including phenoxy) is 1. The molecule has 33 heavy (non-hydrogen) atoms. The van der Waals surface area contributed by atoms with E-state index in [1.807, 2.05) is 23.6 Å². The summed E-state index contributed by atoms with van der Waals surface area (Å²) in [6, 6.07) is 3.87. The molecule has 3 aliphatic rings. The molecule has 0 unspecified atom stereocenters. The minimum Gasteiger partial charge on any atom is -0.463 e. The van der Waals surface area contributed by atoms with Gasteiger partial charge in [-0.2, -0.15) is 0 Å². The topological polar surface area (TPSA) is 80.0 Å². The van der Waals surface area contributed by atoms with Crippen molar-refractivity contribution in [3.63, 3.8) is 0 Å². The van der Waals surface area contributed by atoms with Crippen LogP contribution in [0.15, 0.2) is 22.8 Å². The first-order valence-corrected chi connectivity index (χ1v) is 12.6. The number of rotatable bonds is 5. The minimum atomic E-state index is -0.956. The SMILES string of the molecule is C[C@@]1(C(=O)NC2CCCCCCC2)Cn2c(cc3occc32)C(=O)N1CCN1CCOCC1. The second-order valence-corrected chi connectivity index (χ2v) is 9.99. The third-order valence-corrected chi connectivity index (χ3v) is 7.72. The zero-order valence-electron chi connectivity index (χ0n) is 19.7. The Morgan fingerprint density at radius 3 is 2.61 bits per heavy atom. The summed E-state index contributed by atoms with van der Waals surface area (Å²) in [4.78, 5) is 31.6. The number of carbonyl (C=O) groups is 2. The molecule has 2 aliphatic heterocycles. The fraction of sp³-hybridized carbons (Fsp3) is 0.680. The summed E-state index contributed by atoms with van der Waals surface area (Å²) >= 11 is 0. The van der Waals surface area contributed by atoms with Crippen molar-refractivity contribution < 1.29 is 18.7 Å². The molecule has 4 heterocycles. The lowest BCUT2D eigenvalue weighted by Gasteiger charge is -2.45. The summed E-state index contributed by atoms with van der Waals surface area (Å²) in [7, 11) is 0. The van der Waals surface area contributed by atoms with Crippen LogP contribution in [-0.2, 0) is 16.1 Å². The molecule has 0 bridgehead atoms. The molecule has 8 nitrogen and oxygen atoms in total. The average molecular weight is 457 g/mol. The molecule has 2 fully saturated rings. The number of aromatic nitrogens is 1. The Kier molecular flexibility index (Phi) is 6.47. The highest BCUT2D eigenvalue weighted by Crippen LogP contribution is 2.33. The molecule has 180 valence electrons. The van der Waals surface area contributed by atoms with E-state index in [9.17, 15) is 9.59 Å². The zero-order chi connectivity index (χ0) is 22.8. The van der Waals surface area contributed by atoms with Crippen molar-refractivity contribution >= 4 is 22.9 Å². The first-order valence-electron chi connectivity index (χ1n) is 12.6. The lowest BCUT2D eigenvalue weighted by atomic mass is 9.92. The van der Waals surface area contributed by atoms with Crippen LogP contribution in [-0.4, -0.2) is 77.2 Å². The molecule has 1 saturated carbocycles. The molecule has 1 aliphatic carbocycles. The Morgan fingerprint density at radius 1 is 1.12 bits per heavy atom. The monoisotopic (exact) mass is 456 g/mol. The normalized spacial score (nSPS) is 25.6. The number of furan rings is 1. The van der Waals surface area contributed by atoms with Gasteiger partial charge in [0.2, 0.25) is 5.91 Å². The van der Waals surface area contributed by atoms with Crippen LogP contribution in [0.25, 0.3) is 11.1 Å². The lowest BCUT2D eigenvalue weighted by molar-refractivity contribution is -0.134. The van der Waals surface area contributed by atoms with Crippen LogP contribution in [0.1, 0.15) is 62.4 Å². The van der Waals surface area contributed by atoms with Gasteiger partial charge in [-0.15, -0.1) is 0 Å². The second kappa shape index (κ2) is 9.50. The smallest absolute Gasteiger partial charge is 0.271 e. The number of nitrogens with zero attached hydrogens (tertiary/aromatic N) is 3. The summed E-state index contributed by atoms with van der Waals surface area (Å²) in [6.07, 6.45) is 9.74. The van der Waals surface area contributed by atoms with E-state index < -0.39 is 5.54 Å². The van der Waals surface area contributed by atoms with Crippen molar-refractivity contribution in [3.8, 4) is 0 Å². The van der Waals surface area contributed by atoms with E-state index in [0.717, 1.165) is 50.8 Å². The summed E-state index contributed by atoms with van der Waals surface area (Å²) in [5.74, 6) is -0.143. The van der Waals surface area contributed by atoms with Crippen molar-refractivity contribution in [2.75, 3.05) is 39.4 Å². The molecule has 0 radical (unpaired) electrons. The van der Waals surface area contributed by atoms with E-state index in [1.54, 1.807) is 11.2 Å². The van der Waals surface area contributed by atoms with Crippen molar-refractivity contribution in [2.24, 2.45) is 0 Å². The number of amides is 2. The maximum absolute atomic E-state index is 13.8. The number of nitrogens with one attached hydrogen (secondary N) is 1. The summed E-state index contributed by atoms with van der Waals surface area (Å²) in [6.45, 7) is 6.75. The lowest BCUT2D eigenvalue weighted by Crippen LogP contribution is -2.65. The largest absolute Gasteiger partial charge is 0.463 e. The van der Waals surface area contributed by atoms with E-state index in [1.165, 1.54) is 19.3 Å². The Morgan fingerprint density at radius 2 is 1.85 bits per heavy atom. The van der Waals surface area contributed by atoms with Crippen LogP contribution in [0.2, 0.25) is 0 Å². The van der Waals surface area contributed by atoms with Crippen LogP contribution in [0, 0.1) is 0 Å². The Hall–Kier alpha value is -2.32. The van der Waals surface area contributed by atoms with E-state index in [2.05, 4.69) is 10.2 Å². The number of hydrogen-bond donors (Lipinski definition) is 1. The zero-order valence-corrected chi connectivity index (χ0v) is 19.7. The molecule has 1 saturated heterocycles. The van der Waals surface area contributed by atoms with Crippen molar-refractivity contribution in [3.05, 3.63) is 24.1 Å². The molecular formula is C25H36N4O4. The van der Waals surface area contributed by atoms with Gasteiger partial charge in [0.1, 0.15) is 11.2 Å². The number of morpholine rings is 1. The van der Waals surface area contributed by atoms with Crippen molar-refractivity contribution in [2.45, 2.75) is 70.0 Å². The molecule has 5 rings (SSSR count). The van der Waals surface area contributed by atoms with Gasteiger partial charge in [0, 0.05) is 44.4 Å². The highest BCUT2D eigenvalue weighted by atomic mass is 16.5. The first kappa shape index (κ1) is 22.5. The molecule has 0 spiro atoms. The Balaban J connectivity index is 1.40. The van der Waals surface area contributed by atoms with Crippen LogP contribution >= 0.6 is 0 Å². The number of fused-ring (bicyclic) bond motifs is 3. The van der Waals surface area contributed by atoms with Gasteiger partial charge < -0.3 is 23.9 Å². The maximum atomic E-state index is 13.8. The van der Waals surface area contributed by atoms with E-state index in [-0.39, 0.29) is 17.9 Å². The molecule has 1 atom stereocenters. The van der Waals surface area contributed by atoms with Gasteiger partial charge in [0.05, 0.1) is 31.5 Å². The third-order valence-electron chi connectivity index (χ3n) is 7.72. The van der Waals surface area contributed by atoms with Gasteiger partial charge in [-0.05, 0) is 19.8 Å². The predicted molar refractivity (Wildman–Crippen MR) is 125 cm³/mol. The molecule has 1 N–H and O–H groups in total. The van der Waals surface area contributed by atoms with Gasteiger partial charge in [-0.3, -0.25) is 14.5 Å². The third kappa shape index (κ3) is 4.43. The minimum absolute atomic E-state index is 0.0422. The number of carbonyl (C=O) groups excluding carboxylic acids is 2. The van der Waals surface area contributed by atoms with Gasteiger partial charge in [-0.1, -0.05) is 32.1 Å². The number of hydrogen-bond acceptors (Lipinski definition) is 5. The van der Waals surface area contributed by atoms with E-state index in [4.69, 9.17) is 9.15 Å². The summed E-state index contributed by atoms with van der Waals surface area (Å²) in [5.41, 5.74) is 1.21. The highest BCUT2D eigenvalue weighted by Gasteiger charge is 2.48. The molecule has 2 aromatic heterocycles. The fourth-order valence-corrected chi connectivity index (χ4v) is 5.63. The summed E-state index contributed by atoms with van der Waals surface area (Å²) < 4.78 is 13.0. The van der Waals surface area contributed by atoms with Gasteiger partial charge in [0.15, 0.2) is 5.58 Å². The van der Waals surface area contributed by atoms with Gasteiger partial charge in [-0.25, -0.2) is 0 Å². The molecule has 8 heteroatoms. The van der Waals surface area contributed by atoms with E-state index >= 15 is 0 Å². The fourth-order valence-electron chi connectivity index (χ4n) is 5.63. The van der Waals surface area contributed by atoms with Crippen LogP contribution < -0.4 is 5.32 Å². The Labute approximate surface area is 195 Å². The average Bonchev–Trinajstić information content (AvgIpc) is 3.38. The second-order valence-electron chi connectivity index (χ2n) is 9.99. The van der Waals surface area contributed by atoms with Gasteiger partial charge >= 0.3 is 0 Å².